The number of carbonyl (C=O) groups excluding carboxylic acids is 1. The molecule has 0 radical (unpaired) electrons. The van der Waals surface area contributed by atoms with Crippen LogP contribution in [0, 0.1) is 0 Å². The van der Waals surface area contributed by atoms with Crippen molar-refractivity contribution in [3.05, 3.63) is 0 Å². The second kappa shape index (κ2) is 2.67. The number of hydrogen-bond donors (Lipinski definition) is 2. The Balaban J connectivity index is 2.64. The van der Waals surface area contributed by atoms with E-state index >= 15 is 0 Å². The second-order valence-electron chi connectivity index (χ2n) is 1.07. The van der Waals surface area contributed by atoms with Gasteiger partial charge in [0.15, 0.2) is 20.0 Å². The predicted octanol–water partition coefficient (Wildman–Crippen LogP) is -0.810. The molecule has 1 aliphatic rings. The summed E-state index contributed by atoms with van der Waals surface area (Å²) in [6, 6.07) is -0.662. The van der Waals surface area contributed by atoms with E-state index in [1.54, 1.807) is 0 Å². The summed E-state index contributed by atoms with van der Waals surface area (Å²) in [5.74, 6) is 0. The highest BCUT2D eigenvalue weighted by Crippen LogP contribution is 2.11. The van der Waals surface area contributed by atoms with Crippen molar-refractivity contribution >= 4 is 35.9 Å². The minimum atomic E-state index is -1.55. The van der Waals surface area contributed by atoms with Gasteiger partial charge in [-0.25, -0.2) is 22.7 Å². The molecule has 0 aromatic rings. The summed E-state index contributed by atoms with van der Waals surface area (Å²) in [5.41, 5.74) is 0. The average Bonchev–Trinajstić information content (AvgIpc) is 1.59. The van der Waals surface area contributed by atoms with Gasteiger partial charge in [-0.05, 0) is 0 Å². The molecule has 0 bridgehead atoms. The first-order valence-corrected chi connectivity index (χ1v) is 5.93. The van der Waals surface area contributed by atoms with Gasteiger partial charge in [-0.3, -0.25) is 0 Å². The minimum absolute atomic E-state index is 0.646. The third kappa shape index (κ3) is 1.95. The van der Waals surface area contributed by atoms with Crippen LogP contribution in [-0.4, -0.2) is 14.4 Å². The maximum atomic E-state index is 10.4. The van der Waals surface area contributed by atoms with Crippen LogP contribution in [-0.2, 0) is 20.0 Å². The minimum Gasteiger partial charge on any atom is -0.247 e. The van der Waals surface area contributed by atoms with E-state index in [4.69, 9.17) is 0 Å². The normalized spacial score (nSPS) is 34.9. The Morgan fingerprint density at radius 2 is 1.67 bits per heavy atom. The van der Waals surface area contributed by atoms with Crippen molar-refractivity contribution in [1.82, 2.24) is 9.44 Å². The summed E-state index contributed by atoms with van der Waals surface area (Å²) in [6.07, 6.45) is 0. The van der Waals surface area contributed by atoms with Crippen molar-refractivity contribution in [3.8, 4) is 0 Å². The summed E-state index contributed by atoms with van der Waals surface area (Å²) >= 11 is 0. The standard InChI is InChI=1S/CH2N2O3S3/c4-1-2-8(5)7-9(6)3-1/h(H2,2,3,4). The highest BCUT2D eigenvalue weighted by atomic mass is 33.5. The molecule has 0 aliphatic carbocycles. The molecule has 2 N–H and O–H groups in total. The summed E-state index contributed by atoms with van der Waals surface area (Å²) < 4.78 is 24.8. The molecule has 52 valence electrons. The Kier molecular flexibility index (Phi) is 2.09. The fourth-order valence-electron chi connectivity index (χ4n) is 0.262. The lowest BCUT2D eigenvalue weighted by Gasteiger charge is -2.09. The molecule has 2 atom stereocenters. The SMILES string of the molecule is O=C1NS(=O)SS(=O)N1. The zero-order valence-corrected chi connectivity index (χ0v) is 6.40. The molecule has 9 heavy (non-hydrogen) atoms. The van der Waals surface area contributed by atoms with Gasteiger partial charge in [0.1, 0.15) is 0 Å². The Bertz CT molecular complexity index is 144. The molecule has 0 aromatic heterocycles. The summed E-state index contributed by atoms with van der Waals surface area (Å²) in [4.78, 5) is 10.3. The number of nitrogens with one attached hydrogen (secondary N) is 2. The zero-order chi connectivity index (χ0) is 6.85. The van der Waals surface area contributed by atoms with Crippen molar-refractivity contribution in [2.24, 2.45) is 0 Å². The number of rotatable bonds is 0. The van der Waals surface area contributed by atoms with E-state index in [2.05, 4.69) is 0 Å². The van der Waals surface area contributed by atoms with Crippen molar-refractivity contribution in [2.45, 2.75) is 0 Å². The molecule has 0 saturated carbocycles. The molecule has 8 heteroatoms. The van der Waals surface area contributed by atoms with Gasteiger partial charge in [-0.2, -0.15) is 0 Å². The Morgan fingerprint density at radius 3 is 2.00 bits per heavy atom. The van der Waals surface area contributed by atoms with Gasteiger partial charge in [0.05, 0.1) is 9.83 Å². The molecule has 2 amide bonds. The third-order valence-corrected chi connectivity index (χ3v) is 4.89. The smallest absolute Gasteiger partial charge is 0.247 e. The van der Waals surface area contributed by atoms with Crippen LogP contribution in [0.5, 0.6) is 0 Å². The van der Waals surface area contributed by atoms with Crippen LogP contribution in [0.1, 0.15) is 0 Å². The molecule has 1 fully saturated rings. The van der Waals surface area contributed by atoms with Crippen LogP contribution >= 0.6 is 9.83 Å². The number of amides is 2. The Labute approximate surface area is 58.9 Å². The lowest BCUT2D eigenvalue weighted by Crippen LogP contribution is -2.40. The largest absolute Gasteiger partial charge is 0.339 e. The topological polar surface area (TPSA) is 75.3 Å². The van der Waals surface area contributed by atoms with Crippen molar-refractivity contribution in [1.29, 1.82) is 0 Å². The predicted molar refractivity (Wildman–Crippen MR) is 35.5 cm³/mol. The van der Waals surface area contributed by atoms with Crippen LogP contribution in [0.25, 0.3) is 0 Å². The van der Waals surface area contributed by atoms with Crippen molar-refractivity contribution in [2.75, 3.05) is 0 Å². The van der Waals surface area contributed by atoms with E-state index in [1.165, 1.54) is 0 Å². The zero-order valence-electron chi connectivity index (χ0n) is 3.95. The Morgan fingerprint density at radius 1 is 1.22 bits per heavy atom. The van der Waals surface area contributed by atoms with Crippen LogP contribution in [0.3, 0.4) is 0 Å². The van der Waals surface area contributed by atoms with E-state index in [1.807, 2.05) is 9.44 Å². The number of carbonyl (C=O) groups is 1. The average molecular weight is 186 g/mol. The van der Waals surface area contributed by atoms with Gasteiger partial charge in [0.2, 0.25) is 0 Å². The first-order valence-electron chi connectivity index (χ1n) is 1.78. The van der Waals surface area contributed by atoms with Crippen LogP contribution < -0.4 is 9.44 Å². The molecule has 2 unspecified atom stereocenters. The molecule has 0 spiro atoms. The highest BCUT2D eigenvalue weighted by molar-refractivity contribution is 9.00. The maximum Gasteiger partial charge on any atom is 0.339 e. The molecule has 1 heterocycles. The van der Waals surface area contributed by atoms with E-state index in [0.717, 1.165) is 0 Å². The lowest BCUT2D eigenvalue weighted by molar-refractivity contribution is 0.251. The Hall–Kier alpha value is -0.0800. The molecule has 1 aliphatic heterocycles. The maximum absolute atomic E-state index is 10.4. The fraction of sp³-hybridized carbons (Fsp3) is 0. The monoisotopic (exact) mass is 186 g/mol. The molecule has 1 rings (SSSR count). The van der Waals surface area contributed by atoms with Gasteiger partial charge in [-0.1, -0.05) is 0 Å². The number of urea groups is 1. The molecule has 5 nitrogen and oxygen atoms in total. The summed E-state index contributed by atoms with van der Waals surface area (Å²) in [6.45, 7) is 0. The molecule has 0 aromatic carbocycles. The van der Waals surface area contributed by atoms with E-state index in [-0.39, 0.29) is 0 Å². The van der Waals surface area contributed by atoms with Gasteiger partial charge < -0.3 is 0 Å². The molecular formula is CH2N2O3S3. The van der Waals surface area contributed by atoms with Gasteiger partial charge >= 0.3 is 6.03 Å². The van der Waals surface area contributed by atoms with Crippen LogP contribution in [0.15, 0.2) is 0 Å². The van der Waals surface area contributed by atoms with E-state index in [0.29, 0.717) is 9.83 Å². The molecule has 1 saturated heterocycles. The third-order valence-electron chi connectivity index (χ3n) is 0.476. The first-order chi connectivity index (χ1) is 4.18. The van der Waals surface area contributed by atoms with E-state index < -0.39 is 26.1 Å². The number of hydrogen-bond acceptors (Lipinski definition) is 4. The fourth-order valence-corrected chi connectivity index (χ4v) is 3.53. The second-order valence-corrected chi connectivity index (χ2v) is 6.00. The van der Waals surface area contributed by atoms with Crippen LogP contribution in [0.4, 0.5) is 4.79 Å². The highest BCUT2D eigenvalue weighted by Gasteiger charge is 2.19. The van der Waals surface area contributed by atoms with Gasteiger partial charge in [-0.15, -0.1) is 0 Å². The van der Waals surface area contributed by atoms with Crippen LogP contribution in [0.2, 0.25) is 0 Å². The van der Waals surface area contributed by atoms with Gasteiger partial charge in [0.25, 0.3) is 0 Å². The lowest BCUT2D eigenvalue weighted by atomic mass is 11.2. The summed E-state index contributed by atoms with van der Waals surface area (Å²) in [5, 5.41) is 0. The van der Waals surface area contributed by atoms with Gasteiger partial charge in [0, 0.05) is 0 Å². The quantitative estimate of drug-likeness (QED) is 0.485. The molecular weight excluding hydrogens is 184 g/mol. The van der Waals surface area contributed by atoms with Crippen molar-refractivity contribution in [3.63, 3.8) is 0 Å². The van der Waals surface area contributed by atoms with Crippen molar-refractivity contribution < 1.29 is 13.2 Å². The van der Waals surface area contributed by atoms with E-state index in [9.17, 15) is 13.2 Å². The first kappa shape index (κ1) is 7.03. The summed E-state index contributed by atoms with van der Waals surface area (Å²) in [7, 11) is -2.45.